The van der Waals surface area contributed by atoms with Crippen LogP contribution in [0.15, 0.2) is 12.5 Å². The molecule has 0 saturated carbocycles. The summed E-state index contributed by atoms with van der Waals surface area (Å²) in [6, 6.07) is 0.373. The van der Waals surface area contributed by atoms with Crippen LogP contribution in [0, 0.1) is 5.92 Å². The zero-order valence-electron chi connectivity index (χ0n) is 13.2. The average molecular weight is 309 g/mol. The number of imidazole rings is 1. The zero-order valence-corrected chi connectivity index (χ0v) is 14.0. The van der Waals surface area contributed by atoms with E-state index in [0.717, 1.165) is 26.0 Å². The summed E-state index contributed by atoms with van der Waals surface area (Å²) in [6.45, 7) is 4.18. The molecule has 0 amide bonds. The van der Waals surface area contributed by atoms with Crippen molar-refractivity contribution in [2.45, 2.75) is 44.2 Å². The van der Waals surface area contributed by atoms with Gasteiger partial charge in [0.05, 0.1) is 23.7 Å². The lowest BCUT2D eigenvalue weighted by Crippen LogP contribution is -2.44. The number of thioether (sulfide) groups is 1. The quantitative estimate of drug-likeness (QED) is 0.908. The number of nitrogens with one attached hydrogen (secondary N) is 1. The highest BCUT2D eigenvalue weighted by Gasteiger charge is 2.43. The first-order valence-corrected chi connectivity index (χ1v) is 9.31. The minimum Gasteiger partial charge on any atom is -0.374 e. The van der Waals surface area contributed by atoms with Gasteiger partial charge in [-0.05, 0) is 43.9 Å². The van der Waals surface area contributed by atoms with Crippen molar-refractivity contribution in [3.8, 4) is 0 Å². The van der Waals surface area contributed by atoms with Crippen LogP contribution in [0.1, 0.15) is 44.3 Å². The first-order chi connectivity index (χ1) is 10.2. The minimum absolute atomic E-state index is 0.147. The van der Waals surface area contributed by atoms with Crippen LogP contribution in [0.3, 0.4) is 0 Å². The molecule has 1 aromatic heterocycles. The minimum atomic E-state index is 0.147. The van der Waals surface area contributed by atoms with Gasteiger partial charge in [-0.3, -0.25) is 0 Å². The Morgan fingerprint density at radius 2 is 2.52 bits per heavy atom. The normalized spacial score (nSPS) is 30.9. The standard InChI is InChI=1S/C16H27N3OS/c1-3-6-17-15(14-10-19(2)12-18-14)13-4-7-20-16(9-13)5-8-21-11-16/h10,12-13,15,17H,3-9,11H2,1-2H3. The zero-order chi connectivity index (χ0) is 14.7. The molecule has 0 aromatic carbocycles. The van der Waals surface area contributed by atoms with Crippen LogP contribution < -0.4 is 5.32 Å². The average Bonchev–Trinajstić information content (AvgIpc) is 3.10. The molecule has 5 heteroatoms. The predicted octanol–water partition coefficient (Wildman–Crippen LogP) is 2.76. The summed E-state index contributed by atoms with van der Waals surface area (Å²) < 4.78 is 8.23. The van der Waals surface area contributed by atoms with E-state index < -0.39 is 0 Å². The van der Waals surface area contributed by atoms with E-state index in [1.807, 2.05) is 25.1 Å². The molecule has 21 heavy (non-hydrogen) atoms. The van der Waals surface area contributed by atoms with Gasteiger partial charge in [0.1, 0.15) is 0 Å². The molecule has 1 aromatic rings. The Bertz CT molecular complexity index is 456. The predicted molar refractivity (Wildman–Crippen MR) is 87.6 cm³/mol. The van der Waals surface area contributed by atoms with Crippen LogP contribution in [-0.2, 0) is 11.8 Å². The fourth-order valence-electron chi connectivity index (χ4n) is 3.62. The van der Waals surface area contributed by atoms with Crippen molar-refractivity contribution in [2.75, 3.05) is 24.7 Å². The molecule has 0 radical (unpaired) electrons. The third kappa shape index (κ3) is 3.46. The molecule has 2 aliphatic rings. The Kier molecular flexibility index (Phi) is 4.92. The second-order valence-corrected chi connectivity index (χ2v) is 7.59. The van der Waals surface area contributed by atoms with Crippen LogP contribution in [0.4, 0.5) is 0 Å². The SMILES string of the molecule is CCCNC(c1cn(C)cn1)C1CCOC2(CCSC2)C1. The fourth-order valence-corrected chi connectivity index (χ4v) is 5.00. The van der Waals surface area contributed by atoms with Crippen LogP contribution in [0.2, 0.25) is 0 Å². The number of aryl methyl sites for hydroxylation is 1. The van der Waals surface area contributed by atoms with Crippen molar-refractivity contribution < 1.29 is 4.74 Å². The molecule has 3 atom stereocenters. The number of rotatable bonds is 5. The molecule has 3 unspecified atom stereocenters. The molecular weight excluding hydrogens is 282 g/mol. The van der Waals surface area contributed by atoms with Crippen molar-refractivity contribution in [1.82, 2.24) is 14.9 Å². The van der Waals surface area contributed by atoms with Crippen LogP contribution >= 0.6 is 11.8 Å². The van der Waals surface area contributed by atoms with Crippen molar-refractivity contribution in [1.29, 1.82) is 0 Å². The molecule has 1 N–H and O–H groups in total. The van der Waals surface area contributed by atoms with Gasteiger partial charge in [0.2, 0.25) is 0 Å². The van der Waals surface area contributed by atoms with Crippen molar-refractivity contribution >= 4 is 11.8 Å². The van der Waals surface area contributed by atoms with E-state index in [-0.39, 0.29) is 5.60 Å². The Hall–Kier alpha value is -0.520. The van der Waals surface area contributed by atoms with Crippen LogP contribution in [0.5, 0.6) is 0 Å². The third-order valence-corrected chi connectivity index (χ3v) is 5.95. The number of ether oxygens (including phenoxy) is 1. The Morgan fingerprint density at radius 3 is 3.19 bits per heavy atom. The van der Waals surface area contributed by atoms with E-state index >= 15 is 0 Å². The maximum absolute atomic E-state index is 6.18. The lowest BCUT2D eigenvalue weighted by molar-refractivity contribution is -0.0856. The van der Waals surface area contributed by atoms with Crippen molar-refractivity contribution in [3.05, 3.63) is 18.2 Å². The van der Waals surface area contributed by atoms with E-state index in [4.69, 9.17) is 4.74 Å². The summed E-state index contributed by atoms with van der Waals surface area (Å²) in [7, 11) is 2.05. The molecule has 118 valence electrons. The van der Waals surface area contributed by atoms with E-state index in [9.17, 15) is 0 Å². The summed E-state index contributed by atoms with van der Waals surface area (Å²) >= 11 is 2.05. The van der Waals surface area contributed by atoms with Crippen LogP contribution in [-0.4, -0.2) is 39.8 Å². The van der Waals surface area contributed by atoms with E-state index in [1.54, 1.807) is 0 Å². The van der Waals surface area contributed by atoms with Gasteiger partial charge in [-0.2, -0.15) is 11.8 Å². The smallest absolute Gasteiger partial charge is 0.0947 e. The van der Waals surface area contributed by atoms with Gasteiger partial charge < -0.3 is 14.6 Å². The van der Waals surface area contributed by atoms with Gasteiger partial charge >= 0.3 is 0 Å². The molecule has 2 aliphatic heterocycles. The number of hydrogen-bond acceptors (Lipinski definition) is 4. The molecule has 1 spiro atoms. The van der Waals surface area contributed by atoms with E-state index in [0.29, 0.717) is 12.0 Å². The Labute approximate surface area is 132 Å². The largest absolute Gasteiger partial charge is 0.374 e. The third-order valence-electron chi connectivity index (χ3n) is 4.73. The summed E-state index contributed by atoms with van der Waals surface area (Å²) in [5.74, 6) is 3.06. The molecule has 3 heterocycles. The van der Waals surface area contributed by atoms with Crippen LogP contribution in [0.25, 0.3) is 0 Å². The second kappa shape index (κ2) is 6.71. The number of nitrogens with zero attached hydrogens (tertiary/aromatic N) is 2. The molecule has 3 rings (SSSR count). The van der Waals surface area contributed by atoms with Gasteiger partial charge in [0, 0.05) is 25.6 Å². The monoisotopic (exact) mass is 309 g/mol. The second-order valence-electron chi connectivity index (χ2n) is 6.48. The first-order valence-electron chi connectivity index (χ1n) is 8.15. The van der Waals surface area contributed by atoms with Gasteiger partial charge in [-0.1, -0.05) is 6.92 Å². The van der Waals surface area contributed by atoms with Gasteiger partial charge in [0.15, 0.2) is 0 Å². The summed E-state index contributed by atoms with van der Waals surface area (Å²) in [5.41, 5.74) is 1.34. The van der Waals surface area contributed by atoms with E-state index in [2.05, 4.69) is 28.0 Å². The molecule has 0 aliphatic carbocycles. The maximum Gasteiger partial charge on any atom is 0.0947 e. The lowest BCUT2D eigenvalue weighted by atomic mass is 9.80. The summed E-state index contributed by atoms with van der Waals surface area (Å²) in [4.78, 5) is 4.61. The van der Waals surface area contributed by atoms with E-state index in [1.165, 1.54) is 30.0 Å². The highest BCUT2D eigenvalue weighted by atomic mass is 32.2. The molecule has 2 fully saturated rings. The number of aromatic nitrogens is 2. The Balaban J connectivity index is 1.75. The topological polar surface area (TPSA) is 39.1 Å². The van der Waals surface area contributed by atoms with Gasteiger partial charge in [-0.25, -0.2) is 4.98 Å². The van der Waals surface area contributed by atoms with Crippen molar-refractivity contribution in [2.24, 2.45) is 13.0 Å². The highest BCUT2D eigenvalue weighted by molar-refractivity contribution is 7.99. The first kappa shape index (κ1) is 15.4. The number of hydrogen-bond donors (Lipinski definition) is 1. The highest BCUT2D eigenvalue weighted by Crippen LogP contribution is 2.43. The molecule has 0 bridgehead atoms. The van der Waals surface area contributed by atoms with Crippen molar-refractivity contribution in [3.63, 3.8) is 0 Å². The molecule has 2 saturated heterocycles. The lowest BCUT2D eigenvalue weighted by Gasteiger charge is -2.40. The van der Waals surface area contributed by atoms with Gasteiger partial charge in [-0.15, -0.1) is 0 Å². The summed E-state index contributed by atoms with van der Waals surface area (Å²) in [6.07, 6.45) is 8.78. The molecular formula is C16H27N3OS. The summed E-state index contributed by atoms with van der Waals surface area (Å²) in [5, 5.41) is 3.74. The maximum atomic E-state index is 6.18. The van der Waals surface area contributed by atoms with Gasteiger partial charge in [0.25, 0.3) is 0 Å². The molecule has 4 nitrogen and oxygen atoms in total. The fraction of sp³-hybridized carbons (Fsp3) is 0.812. The Morgan fingerprint density at radius 1 is 1.62 bits per heavy atom.